The van der Waals surface area contributed by atoms with E-state index >= 15 is 0 Å². The van der Waals surface area contributed by atoms with Crippen molar-refractivity contribution < 1.29 is 9.53 Å². The Hall–Kier alpha value is -2.60. The van der Waals surface area contributed by atoms with E-state index in [0.717, 1.165) is 42.4 Å². The van der Waals surface area contributed by atoms with Gasteiger partial charge in [-0.15, -0.1) is 11.8 Å². The third-order valence-corrected chi connectivity index (χ3v) is 8.95. The van der Waals surface area contributed by atoms with E-state index < -0.39 is 0 Å². The summed E-state index contributed by atoms with van der Waals surface area (Å²) in [5.41, 5.74) is 4.36. The Bertz CT molecular complexity index is 1110. The minimum absolute atomic E-state index is 0.0241. The van der Waals surface area contributed by atoms with Gasteiger partial charge in [0.25, 0.3) is 0 Å². The predicted molar refractivity (Wildman–Crippen MR) is 186 cm³/mol. The molecule has 43 heavy (non-hydrogen) atoms. The number of nitrogens with zero attached hydrogens (tertiary/aromatic N) is 2. The van der Waals surface area contributed by atoms with Crippen molar-refractivity contribution in [3.05, 3.63) is 70.8 Å². The lowest BCUT2D eigenvalue weighted by Crippen LogP contribution is -2.37. The van der Waals surface area contributed by atoms with Crippen LogP contribution < -0.4 is 15.0 Å². The van der Waals surface area contributed by atoms with Gasteiger partial charge in [0.15, 0.2) is 0 Å². The lowest BCUT2D eigenvalue weighted by molar-refractivity contribution is 0.248. The quantitative estimate of drug-likeness (QED) is 0.161. The summed E-state index contributed by atoms with van der Waals surface area (Å²) in [6.07, 6.45) is 18.2. The van der Waals surface area contributed by atoms with Gasteiger partial charge in [0.2, 0.25) is 0 Å². The van der Waals surface area contributed by atoms with Gasteiger partial charge in [0, 0.05) is 25.5 Å². The molecule has 0 saturated heterocycles. The second-order valence-corrected chi connectivity index (χ2v) is 13.8. The summed E-state index contributed by atoms with van der Waals surface area (Å²) >= 11 is 1.81. The van der Waals surface area contributed by atoms with E-state index in [-0.39, 0.29) is 11.4 Å². The second kappa shape index (κ2) is 18.9. The van der Waals surface area contributed by atoms with Crippen LogP contribution in [0.15, 0.2) is 54.1 Å². The zero-order chi connectivity index (χ0) is 30.9. The number of thioether (sulfide) groups is 1. The van der Waals surface area contributed by atoms with Crippen molar-refractivity contribution in [2.75, 3.05) is 24.4 Å². The van der Waals surface area contributed by atoms with Crippen molar-refractivity contribution in [2.45, 2.75) is 123 Å². The lowest BCUT2D eigenvalue weighted by Gasteiger charge is -2.26. The fraction of sp³-hybridized carbons (Fsp3) is 0.595. The third-order valence-electron chi connectivity index (χ3n) is 8.15. The summed E-state index contributed by atoms with van der Waals surface area (Å²) < 4.78 is 6.42. The van der Waals surface area contributed by atoms with Crippen LogP contribution in [0.25, 0.3) is 0 Å². The molecule has 0 spiro atoms. The first kappa shape index (κ1) is 34.9. The van der Waals surface area contributed by atoms with Crippen molar-refractivity contribution >= 4 is 23.5 Å². The minimum Gasteiger partial charge on any atom is -0.493 e. The highest BCUT2D eigenvalue weighted by Crippen LogP contribution is 2.33. The monoisotopic (exact) mass is 607 g/mol. The lowest BCUT2D eigenvalue weighted by atomic mass is 9.85. The molecule has 6 heteroatoms. The number of hydrogen-bond acceptors (Lipinski definition) is 4. The molecule has 0 fully saturated rings. The Labute approximate surface area is 266 Å². The van der Waals surface area contributed by atoms with Crippen molar-refractivity contribution in [1.82, 2.24) is 10.2 Å². The van der Waals surface area contributed by atoms with E-state index in [1.165, 1.54) is 81.8 Å². The van der Waals surface area contributed by atoms with Gasteiger partial charge in [0.05, 0.1) is 19.0 Å². The summed E-state index contributed by atoms with van der Waals surface area (Å²) in [5, 5.41) is 4.95. The van der Waals surface area contributed by atoms with Gasteiger partial charge in [-0.05, 0) is 52.1 Å². The van der Waals surface area contributed by atoms with Gasteiger partial charge in [-0.2, -0.15) is 0 Å². The van der Waals surface area contributed by atoms with Crippen LogP contribution in [-0.4, -0.2) is 30.5 Å². The molecule has 1 aliphatic heterocycles. The Morgan fingerprint density at radius 2 is 1.49 bits per heavy atom. The SMILES string of the molecule is CCCCCCCCCCCCCCOc1cc(CN(C(=O)NC)c2ccc(CN3C=CSC3)cc2)ccc1C(C)(C)C. The molecular weight excluding hydrogens is 550 g/mol. The molecule has 0 bridgehead atoms. The van der Waals surface area contributed by atoms with Crippen LogP contribution in [0, 0.1) is 0 Å². The molecule has 0 atom stereocenters. The highest BCUT2D eigenvalue weighted by atomic mass is 32.2. The summed E-state index contributed by atoms with van der Waals surface area (Å²) in [5.74, 6) is 1.93. The number of urea groups is 1. The van der Waals surface area contributed by atoms with Crippen LogP contribution in [-0.2, 0) is 18.5 Å². The van der Waals surface area contributed by atoms with Crippen LogP contribution in [0.4, 0.5) is 10.5 Å². The number of amides is 2. The summed E-state index contributed by atoms with van der Waals surface area (Å²) in [6, 6.07) is 14.7. The molecule has 0 saturated carbocycles. The van der Waals surface area contributed by atoms with Crippen molar-refractivity contribution in [3.63, 3.8) is 0 Å². The molecule has 0 radical (unpaired) electrons. The molecule has 0 aromatic heterocycles. The van der Waals surface area contributed by atoms with Gasteiger partial charge >= 0.3 is 6.03 Å². The first-order valence-corrected chi connectivity index (χ1v) is 17.7. The minimum atomic E-state index is -0.120. The first-order valence-electron chi connectivity index (χ1n) is 16.7. The van der Waals surface area contributed by atoms with E-state index in [0.29, 0.717) is 6.54 Å². The molecule has 238 valence electrons. The number of nitrogens with one attached hydrogen (secondary N) is 1. The molecule has 5 nitrogen and oxygen atoms in total. The Morgan fingerprint density at radius 1 is 0.884 bits per heavy atom. The Kier molecular flexibility index (Phi) is 15.4. The zero-order valence-electron chi connectivity index (χ0n) is 27.6. The maximum absolute atomic E-state index is 13.0. The van der Waals surface area contributed by atoms with Crippen LogP contribution >= 0.6 is 11.8 Å². The fourth-order valence-corrected chi connectivity index (χ4v) is 6.27. The molecule has 2 aromatic rings. The fourth-order valence-electron chi connectivity index (χ4n) is 5.55. The van der Waals surface area contributed by atoms with E-state index in [4.69, 9.17) is 4.74 Å². The van der Waals surface area contributed by atoms with Crippen molar-refractivity contribution in [2.24, 2.45) is 0 Å². The molecule has 2 amide bonds. The molecule has 1 aliphatic rings. The van der Waals surface area contributed by atoms with Gasteiger partial charge in [-0.1, -0.05) is 123 Å². The van der Waals surface area contributed by atoms with Gasteiger partial charge in [-0.25, -0.2) is 4.79 Å². The average molecular weight is 608 g/mol. The predicted octanol–water partition coefficient (Wildman–Crippen LogP) is 10.4. The molecule has 0 unspecified atom stereocenters. The highest BCUT2D eigenvalue weighted by molar-refractivity contribution is 8.02. The summed E-state index contributed by atoms with van der Waals surface area (Å²) in [6.45, 7) is 11.1. The number of carbonyl (C=O) groups excluding carboxylic acids is 1. The van der Waals surface area contributed by atoms with Crippen LogP contribution in [0.1, 0.15) is 121 Å². The molecule has 0 aliphatic carbocycles. The summed E-state index contributed by atoms with van der Waals surface area (Å²) in [4.78, 5) is 17.0. The van der Waals surface area contributed by atoms with E-state index in [1.54, 1.807) is 11.9 Å². The van der Waals surface area contributed by atoms with Crippen LogP contribution in [0.5, 0.6) is 5.75 Å². The largest absolute Gasteiger partial charge is 0.493 e. The Morgan fingerprint density at radius 3 is 2.05 bits per heavy atom. The normalized spacial score (nSPS) is 13.0. The second-order valence-electron chi connectivity index (χ2n) is 13.0. The number of rotatable bonds is 19. The zero-order valence-corrected chi connectivity index (χ0v) is 28.4. The number of hydrogen-bond donors (Lipinski definition) is 1. The van der Waals surface area contributed by atoms with Crippen molar-refractivity contribution in [1.29, 1.82) is 0 Å². The topological polar surface area (TPSA) is 44.8 Å². The van der Waals surface area contributed by atoms with Crippen LogP contribution in [0.3, 0.4) is 0 Å². The maximum Gasteiger partial charge on any atom is 0.321 e. The number of unbranched alkanes of at least 4 members (excludes halogenated alkanes) is 11. The summed E-state index contributed by atoms with van der Waals surface area (Å²) in [7, 11) is 1.69. The molecule has 1 N–H and O–H groups in total. The average Bonchev–Trinajstić information content (AvgIpc) is 3.51. The van der Waals surface area contributed by atoms with E-state index in [1.807, 2.05) is 23.9 Å². The molecular formula is C37H57N3O2S. The smallest absolute Gasteiger partial charge is 0.321 e. The highest BCUT2D eigenvalue weighted by Gasteiger charge is 2.21. The first-order chi connectivity index (χ1) is 20.8. The standard InChI is InChI=1S/C37H57N3O2S/c1-6-7-8-9-10-11-12-13-14-15-16-17-25-42-35-27-32(20-23-34(35)37(2,3)4)29-40(36(41)38-5)33-21-18-31(19-22-33)28-39-24-26-43-30-39/h18-24,26-27H,6-17,25,28-30H2,1-5H3,(H,38,41). The van der Waals surface area contributed by atoms with Crippen LogP contribution in [0.2, 0.25) is 0 Å². The molecule has 2 aromatic carbocycles. The number of benzene rings is 2. The molecule has 3 rings (SSSR count). The van der Waals surface area contributed by atoms with E-state index in [2.05, 4.69) is 79.9 Å². The number of carbonyl (C=O) groups is 1. The van der Waals surface area contributed by atoms with Gasteiger partial charge in [0.1, 0.15) is 5.75 Å². The van der Waals surface area contributed by atoms with Gasteiger partial charge in [-0.3, -0.25) is 4.90 Å². The maximum atomic E-state index is 13.0. The van der Waals surface area contributed by atoms with E-state index in [9.17, 15) is 4.79 Å². The molecule has 1 heterocycles. The number of ether oxygens (including phenoxy) is 1. The Balaban J connectivity index is 1.53. The number of anilines is 1. The van der Waals surface area contributed by atoms with Crippen molar-refractivity contribution in [3.8, 4) is 5.75 Å². The van der Waals surface area contributed by atoms with Gasteiger partial charge < -0.3 is 15.0 Å². The third kappa shape index (κ3) is 12.5.